The van der Waals surface area contributed by atoms with E-state index in [-0.39, 0.29) is 5.24 Å². The van der Waals surface area contributed by atoms with Crippen LogP contribution in [0, 0.1) is 0 Å². The molecule has 0 aliphatic heterocycles. The predicted molar refractivity (Wildman–Crippen MR) is 28.0 cm³/mol. The van der Waals surface area contributed by atoms with E-state index in [0.29, 0.717) is 0 Å². The minimum Gasteiger partial charge on any atom is -0.350 e. The molecule has 0 bridgehead atoms. The molecule has 0 fully saturated rings. The third-order valence-corrected chi connectivity index (χ3v) is 0.964. The van der Waals surface area contributed by atoms with Crippen LogP contribution in [0.4, 0.5) is 4.79 Å². The smallest absolute Gasteiger partial charge is 0.278 e. The van der Waals surface area contributed by atoms with Gasteiger partial charge in [-0.3, -0.25) is 4.79 Å². The Kier molecular flexibility index (Phi) is 2.94. The first-order valence-corrected chi connectivity index (χ1v) is 2.79. The summed E-state index contributed by atoms with van der Waals surface area (Å²) in [6.45, 7) is 0. The lowest BCUT2D eigenvalue weighted by Crippen LogP contribution is -2.09. The van der Waals surface area contributed by atoms with E-state index in [2.05, 4.69) is 5.32 Å². The van der Waals surface area contributed by atoms with Crippen LogP contribution >= 0.6 is 11.8 Å². The minimum absolute atomic E-state index is 0.00926. The van der Waals surface area contributed by atoms with E-state index in [0.717, 1.165) is 0 Å². The van der Waals surface area contributed by atoms with E-state index < -0.39 is 0 Å². The lowest BCUT2D eigenvalue weighted by Gasteiger charge is -1.86. The Hall–Kier alpha value is -0.180. The van der Waals surface area contributed by atoms with Gasteiger partial charge < -0.3 is 5.32 Å². The first-order valence-electron chi connectivity index (χ1n) is 1.57. The highest BCUT2D eigenvalue weighted by atomic mass is 32.2. The fraction of sp³-hybridized carbons (Fsp3) is 0.667. The molecule has 0 aromatic carbocycles. The molecule has 0 spiro atoms. The van der Waals surface area contributed by atoms with Gasteiger partial charge in [-0.05, 0) is 6.26 Å². The van der Waals surface area contributed by atoms with Crippen molar-refractivity contribution in [3.05, 3.63) is 0 Å². The van der Waals surface area contributed by atoms with Gasteiger partial charge >= 0.3 is 0 Å². The number of nitrogens with one attached hydrogen (secondary N) is 1. The Balaban J connectivity index is 2.99. The topological polar surface area (TPSA) is 29.1 Å². The van der Waals surface area contributed by atoms with E-state index in [1.54, 1.807) is 13.3 Å². The van der Waals surface area contributed by atoms with Crippen LogP contribution in [0.25, 0.3) is 0 Å². The summed E-state index contributed by atoms with van der Waals surface area (Å²) >= 11 is 1.17. The molecule has 0 saturated carbocycles. The Morgan fingerprint density at radius 1 is 1.83 bits per heavy atom. The fourth-order valence-electron chi connectivity index (χ4n) is 0.102. The zero-order chi connectivity index (χ0) is 4.99. The molecule has 1 amide bonds. The minimum atomic E-state index is 0.00926. The van der Waals surface area contributed by atoms with E-state index in [9.17, 15) is 4.79 Å². The number of carbonyl (C=O) groups is 1. The lowest BCUT2D eigenvalue weighted by atomic mass is 11.2. The molecule has 3 heteroatoms. The summed E-state index contributed by atoms with van der Waals surface area (Å²) in [5.41, 5.74) is 0. The second kappa shape index (κ2) is 3.03. The van der Waals surface area contributed by atoms with Crippen LogP contribution in [0.3, 0.4) is 0 Å². The van der Waals surface area contributed by atoms with Crippen LogP contribution in [-0.2, 0) is 0 Å². The van der Waals surface area contributed by atoms with Gasteiger partial charge in [-0.1, -0.05) is 11.8 Å². The maximum atomic E-state index is 10.0. The summed E-state index contributed by atoms with van der Waals surface area (Å²) in [7, 11) is 1.61. The molecule has 0 atom stereocenters. The van der Waals surface area contributed by atoms with Crippen molar-refractivity contribution in [1.29, 1.82) is 0 Å². The molecule has 1 N–H and O–H groups in total. The van der Waals surface area contributed by atoms with Crippen molar-refractivity contribution in [3.8, 4) is 0 Å². The molecule has 0 saturated heterocycles. The van der Waals surface area contributed by atoms with Crippen LogP contribution in [0.1, 0.15) is 0 Å². The Bertz CT molecular complexity index is 48.8. The highest BCUT2D eigenvalue weighted by molar-refractivity contribution is 8.12. The fourth-order valence-corrected chi connectivity index (χ4v) is 0.306. The van der Waals surface area contributed by atoms with Crippen molar-refractivity contribution in [3.63, 3.8) is 0 Å². The average Bonchev–Trinajstić information content (AvgIpc) is 1.65. The highest BCUT2D eigenvalue weighted by Crippen LogP contribution is 1.88. The number of thioether (sulfide) groups is 1. The van der Waals surface area contributed by atoms with Crippen molar-refractivity contribution < 1.29 is 4.79 Å². The first-order chi connectivity index (χ1) is 2.81. The third kappa shape index (κ3) is 2.08. The SMILES string of the molecule is CNC(=O)SC. The first kappa shape index (κ1) is 5.82. The molecule has 0 rings (SSSR count). The van der Waals surface area contributed by atoms with Crippen LogP contribution < -0.4 is 5.32 Å². The molecule has 0 heterocycles. The quantitative estimate of drug-likeness (QED) is 0.491. The summed E-state index contributed by atoms with van der Waals surface area (Å²) in [6.07, 6.45) is 1.73. The molecule has 36 valence electrons. The second-order valence-electron chi connectivity index (χ2n) is 0.742. The number of hydrogen-bond acceptors (Lipinski definition) is 2. The van der Waals surface area contributed by atoms with Gasteiger partial charge in [0, 0.05) is 7.05 Å². The molecule has 0 aromatic rings. The summed E-state index contributed by atoms with van der Waals surface area (Å²) in [6, 6.07) is 0. The summed E-state index contributed by atoms with van der Waals surface area (Å²) < 4.78 is 0. The Morgan fingerprint density at radius 3 is 2.33 bits per heavy atom. The van der Waals surface area contributed by atoms with E-state index in [1.165, 1.54) is 11.8 Å². The largest absolute Gasteiger partial charge is 0.350 e. The van der Waals surface area contributed by atoms with Gasteiger partial charge in [0.2, 0.25) is 0 Å². The second-order valence-corrected chi connectivity index (χ2v) is 1.52. The van der Waals surface area contributed by atoms with E-state index in [4.69, 9.17) is 0 Å². The third-order valence-electron chi connectivity index (χ3n) is 0.390. The van der Waals surface area contributed by atoms with Gasteiger partial charge in [-0.15, -0.1) is 0 Å². The Morgan fingerprint density at radius 2 is 2.33 bits per heavy atom. The molecule has 6 heavy (non-hydrogen) atoms. The zero-order valence-electron chi connectivity index (χ0n) is 3.82. The lowest BCUT2D eigenvalue weighted by molar-refractivity contribution is 0.262. The number of amides is 1. The zero-order valence-corrected chi connectivity index (χ0v) is 4.63. The Labute approximate surface area is 41.3 Å². The normalized spacial score (nSPS) is 7.67. The molecule has 0 aromatic heterocycles. The molecule has 0 aliphatic carbocycles. The van der Waals surface area contributed by atoms with Crippen molar-refractivity contribution in [2.45, 2.75) is 0 Å². The summed E-state index contributed by atoms with van der Waals surface area (Å²) in [5, 5.41) is 2.45. The molecular formula is C3H7NOS. The van der Waals surface area contributed by atoms with Gasteiger partial charge in [0.1, 0.15) is 0 Å². The van der Waals surface area contributed by atoms with Crippen LogP contribution in [0.15, 0.2) is 0 Å². The standard InChI is InChI=1S/C3H7NOS/c1-4-3(5)6-2/h1-2H3,(H,4,5). The van der Waals surface area contributed by atoms with Gasteiger partial charge in [0.25, 0.3) is 5.24 Å². The maximum absolute atomic E-state index is 10.0. The molecule has 0 radical (unpaired) electrons. The summed E-state index contributed by atoms with van der Waals surface area (Å²) in [5.74, 6) is 0. The van der Waals surface area contributed by atoms with Crippen molar-refractivity contribution in [2.75, 3.05) is 13.3 Å². The number of rotatable bonds is 0. The van der Waals surface area contributed by atoms with E-state index >= 15 is 0 Å². The highest BCUT2D eigenvalue weighted by Gasteiger charge is 1.85. The van der Waals surface area contributed by atoms with Gasteiger partial charge in [-0.25, -0.2) is 0 Å². The van der Waals surface area contributed by atoms with Crippen LogP contribution in [-0.4, -0.2) is 18.5 Å². The maximum Gasteiger partial charge on any atom is 0.278 e. The van der Waals surface area contributed by atoms with Gasteiger partial charge in [0.05, 0.1) is 0 Å². The number of hydrogen-bond donors (Lipinski definition) is 1. The monoisotopic (exact) mass is 105 g/mol. The van der Waals surface area contributed by atoms with Crippen LogP contribution in [0.2, 0.25) is 0 Å². The van der Waals surface area contributed by atoms with Gasteiger partial charge in [-0.2, -0.15) is 0 Å². The molecule has 0 unspecified atom stereocenters. The van der Waals surface area contributed by atoms with E-state index in [1.807, 2.05) is 0 Å². The average molecular weight is 105 g/mol. The van der Waals surface area contributed by atoms with Crippen LogP contribution in [0.5, 0.6) is 0 Å². The molecular weight excluding hydrogens is 98.1 g/mol. The van der Waals surface area contributed by atoms with Crippen molar-refractivity contribution >= 4 is 17.0 Å². The van der Waals surface area contributed by atoms with Gasteiger partial charge in [0.15, 0.2) is 0 Å². The molecule has 2 nitrogen and oxygen atoms in total. The number of carbonyl (C=O) groups excluding carboxylic acids is 1. The summed E-state index contributed by atoms with van der Waals surface area (Å²) in [4.78, 5) is 10.0. The van der Waals surface area contributed by atoms with Crippen molar-refractivity contribution in [2.24, 2.45) is 0 Å². The van der Waals surface area contributed by atoms with Crippen molar-refractivity contribution in [1.82, 2.24) is 5.32 Å². The molecule has 0 aliphatic rings. The predicted octanol–water partition coefficient (Wildman–Crippen LogP) is 0.689.